The highest BCUT2D eigenvalue weighted by atomic mass is 19.3. The summed E-state index contributed by atoms with van der Waals surface area (Å²) in [6.07, 6.45) is 4.92. The molecule has 3 aromatic carbocycles. The summed E-state index contributed by atoms with van der Waals surface area (Å²) in [6, 6.07) is 7.66. The van der Waals surface area contributed by atoms with Crippen LogP contribution in [0.2, 0.25) is 0 Å². The second-order valence-corrected chi connectivity index (χ2v) is 14.3. The molecule has 2 N–H and O–H groups in total. The van der Waals surface area contributed by atoms with E-state index in [9.17, 15) is 18.3 Å². The number of alkyl halides is 2. The monoisotopic (exact) mass is 651 g/mol. The molecule has 4 unspecified atom stereocenters. The molecule has 4 aliphatic heterocycles. The summed E-state index contributed by atoms with van der Waals surface area (Å²) in [5, 5.41) is 14.5. The smallest absolute Gasteiger partial charge is 0.319 e. The predicted octanol–water partition coefficient (Wildman–Crippen LogP) is 6.54. The lowest BCUT2D eigenvalue weighted by atomic mass is 9.95. The van der Waals surface area contributed by atoms with Gasteiger partial charge in [0, 0.05) is 65.9 Å². The van der Waals surface area contributed by atoms with Crippen LogP contribution in [0.5, 0.6) is 11.8 Å². The molecule has 4 aromatic rings. The van der Waals surface area contributed by atoms with Crippen molar-refractivity contribution in [3.8, 4) is 22.9 Å². The van der Waals surface area contributed by atoms with Crippen LogP contribution in [0.4, 0.5) is 27.8 Å². The second kappa shape index (κ2) is 10.4. The van der Waals surface area contributed by atoms with Gasteiger partial charge in [-0.3, -0.25) is 4.90 Å². The Kier molecular flexibility index (Phi) is 6.48. The van der Waals surface area contributed by atoms with Gasteiger partial charge < -0.3 is 20.1 Å². The standard InChI is InChI=1S/C35H34F5N5O2/c36-26-7-1-18-11-22(46)12-25(28(18)30(26)38)23-5-6-24-31(29(23)37)42-33(43-32(24)44-14-19-2-3-20(15-44)41-19)47-17-34(9-10-34)16-45-21-4-8-27(45)35(39,40)13-21/h1,5-7,11-12,19-21,27,41,46H,2-4,8-10,13-17H2. The molecule has 9 rings (SSSR count). The van der Waals surface area contributed by atoms with Crippen molar-refractivity contribution in [2.45, 2.75) is 75.0 Å². The maximum atomic E-state index is 16.7. The number of nitrogens with zero attached hydrogens (tertiary/aromatic N) is 4. The first-order valence-electron chi connectivity index (χ1n) is 16.5. The van der Waals surface area contributed by atoms with E-state index in [2.05, 4.69) is 15.2 Å². The fourth-order valence-corrected chi connectivity index (χ4v) is 8.63. The molecule has 0 radical (unpaired) electrons. The molecule has 4 atom stereocenters. The summed E-state index contributed by atoms with van der Waals surface area (Å²) in [6.45, 7) is 2.08. The van der Waals surface area contributed by atoms with Gasteiger partial charge in [-0.15, -0.1) is 0 Å². The lowest BCUT2D eigenvalue weighted by molar-refractivity contribution is -0.0380. The molecule has 5 aliphatic rings. The third kappa shape index (κ3) is 4.81. The Bertz CT molecular complexity index is 1920. The first kappa shape index (κ1) is 29.4. The van der Waals surface area contributed by atoms with E-state index in [0.29, 0.717) is 37.3 Å². The van der Waals surface area contributed by atoms with Crippen LogP contribution in [0.15, 0.2) is 36.4 Å². The van der Waals surface area contributed by atoms with E-state index in [-0.39, 0.29) is 75.7 Å². The molecule has 4 saturated heterocycles. The molecule has 0 amide bonds. The highest BCUT2D eigenvalue weighted by Gasteiger charge is 2.60. The molecule has 7 nitrogen and oxygen atoms in total. The van der Waals surface area contributed by atoms with Crippen LogP contribution < -0.4 is 15.0 Å². The van der Waals surface area contributed by atoms with E-state index >= 15 is 8.78 Å². The van der Waals surface area contributed by atoms with Crippen LogP contribution in [-0.4, -0.2) is 76.3 Å². The Labute approximate surface area is 267 Å². The molecule has 0 spiro atoms. The van der Waals surface area contributed by atoms with Crippen molar-refractivity contribution < 1.29 is 31.8 Å². The zero-order valence-electron chi connectivity index (χ0n) is 25.6. The topological polar surface area (TPSA) is 73.8 Å². The summed E-state index contributed by atoms with van der Waals surface area (Å²) in [4.78, 5) is 13.4. The van der Waals surface area contributed by atoms with Gasteiger partial charge in [0.05, 0.1) is 12.6 Å². The fourth-order valence-electron chi connectivity index (χ4n) is 8.63. The number of phenolic OH excluding ortho intramolecular Hbond substituents is 1. The number of anilines is 1. The van der Waals surface area contributed by atoms with Crippen LogP contribution in [0.3, 0.4) is 0 Å². The Hall–Kier alpha value is -3.77. The number of benzene rings is 3. The van der Waals surface area contributed by atoms with E-state index in [0.717, 1.165) is 38.2 Å². The molecular weight excluding hydrogens is 617 g/mol. The van der Waals surface area contributed by atoms with Gasteiger partial charge in [-0.25, -0.2) is 22.0 Å². The molecule has 12 heteroatoms. The number of nitrogens with one attached hydrogen (secondary N) is 1. The first-order valence-corrected chi connectivity index (χ1v) is 16.5. The van der Waals surface area contributed by atoms with Crippen molar-refractivity contribution in [2.24, 2.45) is 5.41 Å². The van der Waals surface area contributed by atoms with E-state index in [1.165, 1.54) is 24.3 Å². The molecule has 1 aromatic heterocycles. The SMILES string of the molecule is Oc1cc(-c2ccc3c(N4CC5CCC(C4)N5)nc(OCC4(CN5C6CCC5C(F)(F)C6)CC4)nc3c2F)c2c(F)c(F)ccc2c1. The molecule has 5 heterocycles. The van der Waals surface area contributed by atoms with Crippen molar-refractivity contribution in [1.29, 1.82) is 0 Å². The number of piperazine rings is 1. The van der Waals surface area contributed by atoms with E-state index in [4.69, 9.17) is 9.72 Å². The summed E-state index contributed by atoms with van der Waals surface area (Å²) < 4.78 is 81.5. The zero-order valence-corrected chi connectivity index (χ0v) is 25.6. The van der Waals surface area contributed by atoms with Crippen LogP contribution >= 0.6 is 0 Å². The quantitative estimate of drug-likeness (QED) is 0.220. The van der Waals surface area contributed by atoms with E-state index in [1.54, 1.807) is 6.07 Å². The van der Waals surface area contributed by atoms with Crippen LogP contribution in [0.25, 0.3) is 32.8 Å². The Morgan fingerprint density at radius 3 is 2.40 bits per heavy atom. The third-order valence-corrected chi connectivity index (χ3v) is 11.2. The first-order chi connectivity index (χ1) is 22.6. The van der Waals surface area contributed by atoms with Crippen LogP contribution in [0, 0.1) is 22.9 Å². The second-order valence-electron chi connectivity index (χ2n) is 14.3. The summed E-state index contributed by atoms with van der Waals surface area (Å²) >= 11 is 0. The summed E-state index contributed by atoms with van der Waals surface area (Å²) in [5.41, 5.74) is -0.393. The Balaban J connectivity index is 1.11. The highest BCUT2D eigenvalue weighted by Crippen LogP contribution is 2.53. The minimum Gasteiger partial charge on any atom is -0.508 e. The maximum absolute atomic E-state index is 16.7. The molecule has 246 valence electrons. The van der Waals surface area contributed by atoms with Gasteiger partial charge in [0.2, 0.25) is 0 Å². The Morgan fingerprint density at radius 2 is 1.70 bits per heavy atom. The average molecular weight is 652 g/mol. The van der Waals surface area contributed by atoms with E-state index in [1.807, 2.05) is 4.90 Å². The number of ether oxygens (including phenoxy) is 1. The number of aromatic hydroxyl groups is 1. The number of halogens is 5. The number of aromatic nitrogens is 2. The molecular formula is C35H34F5N5O2. The van der Waals surface area contributed by atoms with Crippen molar-refractivity contribution in [3.05, 3.63) is 53.8 Å². The largest absolute Gasteiger partial charge is 0.508 e. The minimum absolute atomic E-state index is 0.00627. The van der Waals surface area contributed by atoms with Gasteiger partial charge in [-0.2, -0.15) is 9.97 Å². The van der Waals surface area contributed by atoms with Crippen molar-refractivity contribution >= 4 is 27.5 Å². The Morgan fingerprint density at radius 1 is 0.915 bits per heavy atom. The minimum atomic E-state index is -2.66. The highest BCUT2D eigenvalue weighted by molar-refractivity contribution is 6.01. The molecule has 47 heavy (non-hydrogen) atoms. The lowest BCUT2D eigenvalue weighted by Crippen LogP contribution is -2.51. The van der Waals surface area contributed by atoms with Gasteiger partial charge in [0.1, 0.15) is 17.1 Å². The number of hydrogen-bond donors (Lipinski definition) is 2. The number of rotatable bonds is 7. The zero-order chi connectivity index (χ0) is 32.2. The summed E-state index contributed by atoms with van der Waals surface area (Å²) in [5.74, 6) is -5.36. The van der Waals surface area contributed by atoms with Crippen molar-refractivity contribution in [3.63, 3.8) is 0 Å². The van der Waals surface area contributed by atoms with E-state index < -0.39 is 29.4 Å². The normalized spacial score (nSPS) is 27.3. The number of fused-ring (bicyclic) bond motifs is 6. The van der Waals surface area contributed by atoms with Gasteiger partial charge >= 0.3 is 6.01 Å². The number of hydrogen-bond acceptors (Lipinski definition) is 7. The van der Waals surface area contributed by atoms with Gasteiger partial charge in [0.25, 0.3) is 5.92 Å². The molecule has 1 aliphatic carbocycles. The van der Waals surface area contributed by atoms with Gasteiger partial charge in [-0.1, -0.05) is 12.1 Å². The predicted molar refractivity (Wildman–Crippen MR) is 166 cm³/mol. The molecule has 1 saturated carbocycles. The van der Waals surface area contributed by atoms with Gasteiger partial charge in [-0.05, 0) is 73.7 Å². The van der Waals surface area contributed by atoms with Crippen molar-refractivity contribution in [1.82, 2.24) is 20.2 Å². The van der Waals surface area contributed by atoms with Gasteiger partial charge in [0.15, 0.2) is 17.5 Å². The average Bonchev–Trinajstić information content (AvgIpc) is 3.49. The third-order valence-electron chi connectivity index (χ3n) is 11.2. The summed E-state index contributed by atoms with van der Waals surface area (Å²) in [7, 11) is 0. The maximum Gasteiger partial charge on any atom is 0.319 e. The molecule has 4 bridgehead atoms. The number of phenols is 1. The van der Waals surface area contributed by atoms with Crippen LogP contribution in [-0.2, 0) is 0 Å². The lowest BCUT2D eigenvalue weighted by Gasteiger charge is -2.34. The van der Waals surface area contributed by atoms with Crippen molar-refractivity contribution in [2.75, 3.05) is 31.1 Å². The fraction of sp³-hybridized carbons (Fsp3) is 0.486. The molecule has 5 fully saturated rings. The van der Waals surface area contributed by atoms with Crippen LogP contribution in [0.1, 0.15) is 44.9 Å².